The van der Waals surface area contributed by atoms with Gasteiger partial charge in [-0.3, -0.25) is 9.10 Å². The molecule has 0 saturated carbocycles. The molecule has 2 aromatic rings. The molecule has 0 aliphatic carbocycles. The Morgan fingerprint density at radius 2 is 1.96 bits per heavy atom. The second-order valence-corrected chi connectivity index (χ2v) is 8.06. The number of hydrogen-bond acceptors (Lipinski definition) is 3. The average Bonchev–Trinajstić information content (AvgIpc) is 2.49. The molecule has 0 radical (unpaired) electrons. The van der Waals surface area contributed by atoms with Gasteiger partial charge in [-0.15, -0.1) is 0 Å². The molecule has 2 rings (SSSR count). The van der Waals surface area contributed by atoms with E-state index in [1.54, 1.807) is 24.3 Å². The summed E-state index contributed by atoms with van der Waals surface area (Å²) in [5, 5.41) is 2.38. The number of anilines is 2. The van der Waals surface area contributed by atoms with Crippen LogP contribution in [0.5, 0.6) is 0 Å². The van der Waals surface area contributed by atoms with Gasteiger partial charge >= 0.3 is 0 Å². The van der Waals surface area contributed by atoms with Gasteiger partial charge in [-0.05, 0) is 46.3 Å². The molecule has 5 nitrogen and oxygen atoms in total. The number of nitrogens with zero attached hydrogens (tertiary/aromatic N) is 1. The van der Waals surface area contributed by atoms with E-state index < -0.39 is 28.3 Å². The third-order valence-corrected chi connectivity index (χ3v) is 5.15. The van der Waals surface area contributed by atoms with Crippen LogP contribution in [-0.2, 0) is 14.8 Å². The van der Waals surface area contributed by atoms with Crippen molar-refractivity contribution in [1.82, 2.24) is 0 Å². The van der Waals surface area contributed by atoms with Crippen LogP contribution in [-0.4, -0.2) is 27.1 Å². The zero-order valence-corrected chi connectivity index (χ0v) is 15.6. The number of para-hydroxylation sites is 1. The van der Waals surface area contributed by atoms with Crippen LogP contribution in [0.3, 0.4) is 0 Å². The molecule has 0 aromatic heterocycles. The Hall–Kier alpha value is -1.64. The van der Waals surface area contributed by atoms with Gasteiger partial charge in [-0.1, -0.05) is 23.7 Å². The lowest BCUT2D eigenvalue weighted by Crippen LogP contribution is -2.37. The lowest BCUT2D eigenvalue weighted by Gasteiger charge is -2.22. The molecule has 24 heavy (non-hydrogen) atoms. The van der Waals surface area contributed by atoms with Crippen molar-refractivity contribution in [3.05, 3.63) is 57.8 Å². The smallest absolute Gasteiger partial charge is 0.245 e. The standard InChI is InChI=1S/C15H13BrClFN2O3S/c1-24(22,23)20(10-6-7-13(18)12(17)8-10)9-15(21)19-14-5-3-2-4-11(14)16/h2-8H,9H2,1H3,(H,19,21). The summed E-state index contributed by atoms with van der Waals surface area (Å²) in [5.74, 6) is -1.22. The van der Waals surface area contributed by atoms with Gasteiger partial charge in [0.05, 0.1) is 22.7 Å². The number of rotatable bonds is 5. The summed E-state index contributed by atoms with van der Waals surface area (Å²) in [6, 6.07) is 10.4. The van der Waals surface area contributed by atoms with Gasteiger partial charge in [-0.2, -0.15) is 0 Å². The molecular weight excluding hydrogens is 423 g/mol. The van der Waals surface area contributed by atoms with Gasteiger partial charge in [0.15, 0.2) is 0 Å². The van der Waals surface area contributed by atoms with Crippen molar-refractivity contribution in [3.63, 3.8) is 0 Å². The van der Waals surface area contributed by atoms with Gasteiger partial charge in [0.1, 0.15) is 12.4 Å². The molecule has 128 valence electrons. The largest absolute Gasteiger partial charge is 0.323 e. The number of nitrogens with one attached hydrogen (secondary N) is 1. The Bertz CT molecular complexity index is 877. The maximum Gasteiger partial charge on any atom is 0.245 e. The first kappa shape index (κ1) is 18.7. The van der Waals surface area contributed by atoms with Crippen molar-refractivity contribution in [3.8, 4) is 0 Å². The van der Waals surface area contributed by atoms with Gasteiger partial charge in [-0.25, -0.2) is 12.8 Å². The van der Waals surface area contributed by atoms with E-state index in [2.05, 4.69) is 21.2 Å². The predicted molar refractivity (Wildman–Crippen MR) is 96.4 cm³/mol. The predicted octanol–water partition coefficient (Wildman–Crippen LogP) is 3.65. The third kappa shape index (κ3) is 4.68. The Morgan fingerprint density at radius 3 is 2.54 bits per heavy atom. The molecular formula is C15H13BrClFN2O3S. The topological polar surface area (TPSA) is 66.5 Å². The first-order valence-electron chi connectivity index (χ1n) is 6.65. The molecule has 0 spiro atoms. The lowest BCUT2D eigenvalue weighted by atomic mass is 10.3. The molecule has 0 saturated heterocycles. The molecule has 0 heterocycles. The van der Waals surface area contributed by atoms with Crippen LogP contribution in [0.4, 0.5) is 15.8 Å². The molecule has 0 atom stereocenters. The Balaban J connectivity index is 2.25. The Labute approximate surface area is 152 Å². The third-order valence-electron chi connectivity index (χ3n) is 3.03. The zero-order chi connectivity index (χ0) is 17.9. The minimum absolute atomic E-state index is 0.103. The SMILES string of the molecule is CS(=O)(=O)N(CC(=O)Nc1ccccc1Br)c1ccc(F)c(Cl)c1. The second-order valence-electron chi connectivity index (χ2n) is 4.90. The van der Waals surface area contributed by atoms with E-state index in [9.17, 15) is 17.6 Å². The van der Waals surface area contributed by atoms with Gasteiger partial charge in [0.2, 0.25) is 15.9 Å². The van der Waals surface area contributed by atoms with Crippen molar-refractivity contribution in [2.24, 2.45) is 0 Å². The fraction of sp³-hybridized carbons (Fsp3) is 0.133. The zero-order valence-electron chi connectivity index (χ0n) is 12.5. The average molecular weight is 436 g/mol. The highest BCUT2D eigenvalue weighted by atomic mass is 79.9. The minimum Gasteiger partial charge on any atom is -0.323 e. The summed E-state index contributed by atoms with van der Waals surface area (Å²) in [6.45, 7) is -0.470. The minimum atomic E-state index is -3.77. The Kier molecular flexibility index (Phi) is 5.84. The monoisotopic (exact) mass is 434 g/mol. The molecule has 9 heteroatoms. The number of benzene rings is 2. The van der Waals surface area contributed by atoms with Crippen LogP contribution in [0.15, 0.2) is 46.9 Å². The number of sulfonamides is 1. The molecule has 0 bridgehead atoms. The highest BCUT2D eigenvalue weighted by Gasteiger charge is 2.22. The van der Waals surface area contributed by atoms with Crippen LogP contribution >= 0.6 is 27.5 Å². The van der Waals surface area contributed by atoms with Gasteiger partial charge in [0.25, 0.3) is 0 Å². The van der Waals surface area contributed by atoms with E-state index in [-0.39, 0.29) is 10.7 Å². The number of hydrogen-bond donors (Lipinski definition) is 1. The molecule has 0 aliphatic heterocycles. The number of amides is 1. The van der Waals surface area contributed by atoms with Crippen molar-refractivity contribution >= 4 is 54.8 Å². The van der Waals surface area contributed by atoms with Crippen LogP contribution < -0.4 is 9.62 Å². The lowest BCUT2D eigenvalue weighted by molar-refractivity contribution is -0.114. The van der Waals surface area contributed by atoms with Crippen molar-refractivity contribution < 1.29 is 17.6 Å². The van der Waals surface area contributed by atoms with E-state index in [0.717, 1.165) is 22.7 Å². The van der Waals surface area contributed by atoms with Crippen molar-refractivity contribution in [1.29, 1.82) is 0 Å². The molecule has 0 unspecified atom stereocenters. The summed E-state index contributed by atoms with van der Waals surface area (Å²) < 4.78 is 38.7. The summed E-state index contributed by atoms with van der Waals surface area (Å²) >= 11 is 8.98. The van der Waals surface area contributed by atoms with Gasteiger partial charge < -0.3 is 5.32 Å². The van der Waals surface area contributed by atoms with Gasteiger partial charge in [0, 0.05) is 4.47 Å². The van der Waals surface area contributed by atoms with E-state index in [4.69, 9.17) is 11.6 Å². The fourth-order valence-electron chi connectivity index (χ4n) is 1.92. The number of carbonyl (C=O) groups excluding carboxylic acids is 1. The highest BCUT2D eigenvalue weighted by Crippen LogP contribution is 2.25. The maximum atomic E-state index is 13.3. The summed E-state index contributed by atoms with van der Waals surface area (Å²) in [6.07, 6.45) is 0.954. The summed E-state index contributed by atoms with van der Waals surface area (Å²) in [7, 11) is -3.77. The molecule has 0 fully saturated rings. The molecule has 1 amide bonds. The van der Waals surface area contributed by atoms with E-state index in [1.807, 2.05) is 0 Å². The highest BCUT2D eigenvalue weighted by molar-refractivity contribution is 9.10. The first-order chi connectivity index (χ1) is 11.2. The number of halogens is 3. The van der Waals surface area contributed by atoms with Crippen molar-refractivity contribution in [2.75, 3.05) is 22.4 Å². The van der Waals surface area contributed by atoms with Crippen LogP contribution in [0, 0.1) is 5.82 Å². The summed E-state index contributed by atoms with van der Waals surface area (Å²) in [4.78, 5) is 12.2. The van der Waals surface area contributed by atoms with Crippen molar-refractivity contribution in [2.45, 2.75) is 0 Å². The van der Waals surface area contributed by atoms with E-state index in [0.29, 0.717) is 10.2 Å². The summed E-state index contributed by atoms with van der Waals surface area (Å²) in [5.41, 5.74) is 0.610. The molecule has 2 aromatic carbocycles. The quantitative estimate of drug-likeness (QED) is 0.780. The normalized spacial score (nSPS) is 11.2. The molecule has 1 N–H and O–H groups in total. The van der Waals surface area contributed by atoms with Crippen LogP contribution in [0.2, 0.25) is 5.02 Å². The van der Waals surface area contributed by atoms with E-state index in [1.165, 1.54) is 6.07 Å². The van der Waals surface area contributed by atoms with E-state index >= 15 is 0 Å². The second kappa shape index (κ2) is 7.50. The fourth-order valence-corrected chi connectivity index (χ4v) is 3.33. The maximum absolute atomic E-state index is 13.3. The number of carbonyl (C=O) groups is 1. The first-order valence-corrected chi connectivity index (χ1v) is 9.67. The van der Waals surface area contributed by atoms with Crippen LogP contribution in [0.25, 0.3) is 0 Å². The van der Waals surface area contributed by atoms with Crippen LogP contribution in [0.1, 0.15) is 0 Å². The molecule has 0 aliphatic rings. The Morgan fingerprint density at radius 1 is 1.29 bits per heavy atom.